The van der Waals surface area contributed by atoms with Crippen molar-refractivity contribution < 1.29 is 9.90 Å². The van der Waals surface area contributed by atoms with Crippen molar-refractivity contribution in [3.8, 4) is 0 Å². The summed E-state index contributed by atoms with van der Waals surface area (Å²) in [5.41, 5.74) is 0. The van der Waals surface area contributed by atoms with Gasteiger partial charge in [0.2, 0.25) is 0 Å². The highest BCUT2D eigenvalue weighted by Gasteiger charge is 2.36. The van der Waals surface area contributed by atoms with E-state index in [-0.39, 0.29) is 0 Å². The molecule has 2 unspecified atom stereocenters. The molecule has 22 heavy (non-hydrogen) atoms. The molecule has 0 aromatic heterocycles. The van der Waals surface area contributed by atoms with Crippen molar-refractivity contribution in [1.29, 1.82) is 0 Å². The van der Waals surface area contributed by atoms with Crippen molar-refractivity contribution >= 4 is 5.97 Å². The zero-order valence-corrected chi connectivity index (χ0v) is 13.8. The number of hydrogen-bond acceptors (Lipinski definition) is 3. The molecule has 1 saturated heterocycles. The van der Waals surface area contributed by atoms with Crippen LogP contribution in [0.2, 0.25) is 0 Å². The number of nitrogens with zero attached hydrogens (tertiary/aromatic N) is 1. The molecule has 2 aliphatic carbocycles. The van der Waals surface area contributed by atoms with Gasteiger partial charge < -0.3 is 10.4 Å². The van der Waals surface area contributed by atoms with Crippen molar-refractivity contribution in [2.24, 2.45) is 11.8 Å². The van der Waals surface area contributed by atoms with Gasteiger partial charge in [0.25, 0.3) is 0 Å². The highest BCUT2D eigenvalue weighted by atomic mass is 16.4. The average molecular weight is 308 g/mol. The number of likely N-dealkylation sites (tertiary alicyclic amines) is 1. The van der Waals surface area contributed by atoms with Gasteiger partial charge in [0.05, 0.1) is 0 Å². The van der Waals surface area contributed by atoms with E-state index in [0.717, 1.165) is 24.9 Å². The van der Waals surface area contributed by atoms with Crippen LogP contribution in [0.5, 0.6) is 0 Å². The van der Waals surface area contributed by atoms with E-state index in [1.54, 1.807) is 0 Å². The lowest BCUT2D eigenvalue weighted by molar-refractivity contribution is -0.137. The third kappa shape index (κ3) is 4.95. The van der Waals surface area contributed by atoms with Gasteiger partial charge in [-0.3, -0.25) is 9.69 Å². The van der Waals surface area contributed by atoms with Crippen molar-refractivity contribution in [3.05, 3.63) is 0 Å². The molecule has 0 aromatic carbocycles. The molecule has 4 heteroatoms. The molecule has 1 heterocycles. The molecular weight excluding hydrogens is 276 g/mol. The summed E-state index contributed by atoms with van der Waals surface area (Å²) in [6, 6.07) is 1.38. The Morgan fingerprint density at radius 2 is 1.82 bits per heavy atom. The Balaban J connectivity index is 1.46. The van der Waals surface area contributed by atoms with Gasteiger partial charge >= 0.3 is 5.97 Å². The van der Waals surface area contributed by atoms with Gasteiger partial charge in [-0.25, -0.2) is 0 Å². The van der Waals surface area contributed by atoms with Crippen molar-refractivity contribution in [2.45, 2.75) is 76.3 Å². The largest absolute Gasteiger partial charge is 0.481 e. The first-order valence-corrected chi connectivity index (χ1v) is 9.40. The Morgan fingerprint density at radius 3 is 2.50 bits per heavy atom. The van der Waals surface area contributed by atoms with Crippen LogP contribution >= 0.6 is 0 Å². The van der Waals surface area contributed by atoms with E-state index in [1.165, 1.54) is 64.5 Å². The van der Waals surface area contributed by atoms with Gasteiger partial charge in [-0.1, -0.05) is 19.3 Å². The second kappa shape index (κ2) is 7.78. The number of nitrogens with one attached hydrogen (secondary N) is 1. The third-order valence-electron chi connectivity index (χ3n) is 5.82. The van der Waals surface area contributed by atoms with Crippen LogP contribution in [-0.2, 0) is 4.79 Å². The van der Waals surface area contributed by atoms with Gasteiger partial charge in [0, 0.05) is 31.6 Å². The average Bonchev–Trinajstić information content (AvgIpc) is 3.37. The van der Waals surface area contributed by atoms with Gasteiger partial charge in [0.1, 0.15) is 0 Å². The summed E-state index contributed by atoms with van der Waals surface area (Å²) in [6.07, 6.45) is 12.1. The molecule has 2 N–H and O–H groups in total. The fraction of sp³-hybridized carbons (Fsp3) is 0.944. The quantitative estimate of drug-likeness (QED) is 0.759. The topological polar surface area (TPSA) is 52.6 Å². The minimum absolute atomic E-state index is 0.332. The van der Waals surface area contributed by atoms with E-state index in [2.05, 4.69) is 10.2 Å². The molecule has 1 aliphatic heterocycles. The first kappa shape index (κ1) is 16.3. The fourth-order valence-electron chi connectivity index (χ4n) is 4.39. The normalized spacial score (nSPS) is 31.3. The summed E-state index contributed by atoms with van der Waals surface area (Å²) in [6.45, 7) is 3.48. The Kier molecular flexibility index (Phi) is 5.75. The molecule has 2 atom stereocenters. The smallest absolute Gasteiger partial charge is 0.303 e. The van der Waals surface area contributed by atoms with Gasteiger partial charge in [-0.2, -0.15) is 0 Å². The first-order chi connectivity index (χ1) is 10.7. The maximum atomic E-state index is 10.9. The highest BCUT2D eigenvalue weighted by Crippen LogP contribution is 2.32. The molecule has 3 rings (SSSR count). The van der Waals surface area contributed by atoms with Crippen LogP contribution in [0, 0.1) is 11.8 Å². The highest BCUT2D eigenvalue weighted by molar-refractivity contribution is 5.66. The second-order valence-corrected chi connectivity index (χ2v) is 7.83. The van der Waals surface area contributed by atoms with Crippen molar-refractivity contribution in [1.82, 2.24) is 10.2 Å². The molecule has 0 amide bonds. The van der Waals surface area contributed by atoms with E-state index in [0.29, 0.717) is 18.4 Å². The number of piperidine rings is 1. The molecule has 0 aromatic rings. The lowest BCUT2D eigenvalue weighted by Gasteiger charge is -2.39. The van der Waals surface area contributed by atoms with Crippen molar-refractivity contribution in [2.75, 3.05) is 19.6 Å². The second-order valence-electron chi connectivity index (χ2n) is 7.83. The van der Waals surface area contributed by atoms with Crippen LogP contribution in [0.3, 0.4) is 0 Å². The van der Waals surface area contributed by atoms with Crippen LogP contribution < -0.4 is 5.32 Å². The number of carbonyl (C=O) groups is 1. The summed E-state index contributed by atoms with van der Waals surface area (Å²) >= 11 is 0. The van der Waals surface area contributed by atoms with E-state index >= 15 is 0 Å². The van der Waals surface area contributed by atoms with E-state index in [1.807, 2.05) is 0 Å². The molecular formula is C18H32N2O2. The molecule has 4 nitrogen and oxygen atoms in total. The number of carboxylic acids is 1. The predicted molar refractivity (Wildman–Crippen MR) is 87.9 cm³/mol. The molecule has 0 spiro atoms. The minimum Gasteiger partial charge on any atom is -0.481 e. The van der Waals surface area contributed by atoms with Crippen LogP contribution in [0.15, 0.2) is 0 Å². The first-order valence-electron chi connectivity index (χ1n) is 9.40. The van der Waals surface area contributed by atoms with Crippen LogP contribution in [0.4, 0.5) is 0 Å². The molecule has 2 saturated carbocycles. The summed E-state index contributed by atoms with van der Waals surface area (Å²) in [5, 5.41) is 12.8. The Hall–Kier alpha value is -0.610. The van der Waals surface area contributed by atoms with Crippen LogP contribution in [-0.4, -0.2) is 47.7 Å². The van der Waals surface area contributed by atoms with E-state index in [4.69, 9.17) is 5.11 Å². The SMILES string of the molecule is O=C(O)CCC1CC(NCC2CCCCC2)CN(C2CC2)C1. The van der Waals surface area contributed by atoms with Gasteiger partial charge in [-0.15, -0.1) is 0 Å². The molecule has 0 bridgehead atoms. The monoisotopic (exact) mass is 308 g/mol. The summed E-state index contributed by atoms with van der Waals surface area (Å²) in [4.78, 5) is 13.5. The molecule has 3 fully saturated rings. The minimum atomic E-state index is -0.643. The summed E-state index contributed by atoms with van der Waals surface area (Å²) in [7, 11) is 0. The lowest BCUT2D eigenvalue weighted by Crippen LogP contribution is -2.51. The van der Waals surface area contributed by atoms with Crippen LogP contribution in [0.1, 0.15) is 64.2 Å². The number of carboxylic acid groups (broad SMARTS) is 1. The van der Waals surface area contributed by atoms with Crippen molar-refractivity contribution in [3.63, 3.8) is 0 Å². The zero-order valence-electron chi connectivity index (χ0n) is 13.8. The Labute approximate surface area is 134 Å². The summed E-state index contributed by atoms with van der Waals surface area (Å²) in [5.74, 6) is 0.798. The van der Waals surface area contributed by atoms with Gasteiger partial charge in [0.15, 0.2) is 0 Å². The molecule has 126 valence electrons. The maximum absolute atomic E-state index is 10.9. The zero-order chi connectivity index (χ0) is 15.4. The fourth-order valence-corrected chi connectivity index (χ4v) is 4.39. The van der Waals surface area contributed by atoms with E-state index in [9.17, 15) is 4.79 Å². The Morgan fingerprint density at radius 1 is 1.05 bits per heavy atom. The Bertz CT molecular complexity index is 364. The van der Waals surface area contributed by atoms with Gasteiger partial charge in [-0.05, 0) is 56.9 Å². The summed E-state index contributed by atoms with van der Waals surface area (Å²) < 4.78 is 0. The number of rotatable bonds is 7. The number of aliphatic carboxylic acids is 1. The van der Waals surface area contributed by atoms with E-state index < -0.39 is 5.97 Å². The standard InChI is InChI=1S/C18H32N2O2/c21-18(22)9-6-15-10-16(13-20(12-15)17-7-8-17)19-11-14-4-2-1-3-5-14/h14-17,19H,1-13H2,(H,21,22). The molecule has 3 aliphatic rings. The maximum Gasteiger partial charge on any atom is 0.303 e. The lowest BCUT2D eigenvalue weighted by atomic mass is 9.87. The predicted octanol–water partition coefficient (Wildman–Crippen LogP) is 2.87. The number of hydrogen-bond donors (Lipinski definition) is 2. The van der Waals surface area contributed by atoms with Crippen LogP contribution in [0.25, 0.3) is 0 Å². The molecule has 0 radical (unpaired) electrons. The third-order valence-corrected chi connectivity index (χ3v) is 5.82.